The molecule has 3 N–H and O–H groups in total. The zero-order chi connectivity index (χ0) is 14.7. The van der Waals surface area contributed by atoms with Crippen LogP contribution < -0.4 is 5.73 Å². The van der Waals surface area contributed by atoms with E-state index in [1.54, 1.807) is 10.9 Å². The van der Waals surface area contributed by atoms with Crippen LogP contribution in [0.15, 0.2) is 24.3 Å². The van der Waals surface area contributed by atoms with E-state index >= 15 is 0 Å². The van der Waals surface area contributed by atoms with E-state index in [2.05, 4.69) is 21.0 Å². The Morgan fingerprint density at radius 3 is 3.00 bits per heavy atom. The lowest BCUT2D eigenvalue weighted by molar-refractivity contribution is 0.00593. The standard InChI is InChI=1S/C14H19N5O2/c15-12-11-13(17-8-16-11)18-9-19(12)14(21-7-6-20)10-4-2-1-3-5-10/h4,8-9,14,20H,1-3,5-7,15H2. The summed E-state index contributed by atoms with van der Waals surface area (Å²) in [5.74, 6) is 1.01. The zero-order valence-corrected chi connectivity index (χ0v) is 11.8. The van der Waals surface area contributed by atoms with E-state index in [1.165, 1.54) is 18.3 Å². The smallest absolute Gasteiger partial charge is 0.184 e. The number of nitrogen functional groups attached to an aromatic ring is 1. The van der Waals surface area contributed by atoms with Gasteiger partial charge in [-0.3, -0.25) is 4.57 Å². The number of rotatable bonds is 5. The largest absolute Gasteiger partial charge is 0.394 e. The van der Waals surface area contributed by atoms with Crippen molar-refractivity contribution in [1.29, 1.82) is 0 Å². The molecule has 0 fully saturated rings. The van der Waals surface area contributed by atoms with Gasteiger partial charge in [-0.05, 0) is 31.3 Å². The van der Waals surface area contributed by atoms with Gasteiger partial charge in [0.05, 0.1) is 13.2 Å². The maximum absolute atomic E-state index is 9.05. The maximum Gasteiger partial charge on any atom is 0.184 e. The minimum absolute atomic E-state index is 0.0316. The summed E-state index contributed by atoms with van der Waals surface area (Å²) in [6, 6.07) is 0. The average molecular weight is 289 g/mol. The van der Waals surface area contributed by atoms with E-state index in [0.29, 0.717) is 17.3 Å². The van der Waals surface area contributed by atoms with Crippen LogP contribution in [0.5, 0.6) is 0 Å². The molecule has 2 aliphatic heterocycles. The second-order valence-electron chi connectivity index (χ2n) is 5.05. The molecule has 0 amide bonds. The lowest BCUT2D eigenvalue weighted by atomic mass is 9.98. The molecule has 1 atom stereocenters. The first-order valence-electron chi connectivity index (χ1n) is 7.15. The highest BCUT2D eigenvalue weighted by Crippen LogP contribution is 2.32. The molecule has 0 saturated heterocycles. The lowest BCUT2D eigenvalue weighted by Crippen LogP contribution is -2.22. The molecule has 3 rings (SSSR count). The number of aliphatic hydroxyl groups excluding tert-OH is 1. The summed E-state index contributed by atoms with van der Waals surface area (Å²) in [5.41, 5.74) is 7.94. The Balaban J connectivity index is 1.99. The van der Waals surface area contributed by atoms with Crippen molar-refractivity contribution in [2.45, 2.75) is 31.9 Å². The van der Waals surface area contributed by atoms with Crippen molar-refractivity contribution >= 4 is 5.82 Å². The van der Waals surface area contributed by atoms with Crippen LogP contribution in [0.1, 0.15) is 31.9 Å². The Kier molecular flexibility index (Phi) is 4.12. The van der Waals surface area contributed by atoms with Crippen LogP contribution in [0, 0.1) is 0 Å². The first kappa shape index (κ1) is 14.0. The highest BCUT2D eigenvalue weighted by molar-refractivity contribution is 5.64. The van der Waals surface area contributed by atoms with Crippen LogP contribution in [0.25, 0.3) is 11.5 Å². The molecule has 112 valence electrons. The van der Waals surface area contributed by atoms with Crippen molar-refractivity contribution in [2.75, 3.05) is 18.9 Å². The zero-order valence-electron chi connectivity index (χ0n) is 11.8. The SMILES string of the molecule is Nc1c2ncnc-2ncn1C(OCCO)C1=CCCCC1. The van der Waals surface area contributed by atoms with Crippen molar-refractivity contribution in [3.8, 4) is 11.5 Å². The minimum Gasteiger partial charge on any atom is -0.394 e. The summed E-state index contributed by atoms with van der Waals surface area (Å²) >= 11 is 0. The Hall–Kier alpha value is -1.99. The van der Waals surface area contributed by atoms with Gasteiger partial charge in [-0.1, -0.05) is 6.08 Å². The first-order chi connectivity index (χ1) is 10.3. The van der Waals surface area contributed by atoms with Gasteiger partial charge >= 0.3 is 0 Å². The van der Waals surface area contributed by atoms with Crippen LogP contribution in [0.2, 0.25) is 0 Å². The molecule has 0 bridgehead atoms. The number of allylic oxidation sites excluding steroid dienone is 1. The molecule has 2 heterocycles. The Morgan fingerprint density at radius 2 is 2.24 bits per heavy atom. The highest BCUT2D eigenvalue weighted by Gasteiger charge is 2.23. The quantitative estimate of drug-likeness (QED) is 0.806. The molecule has 1 unspecified atom stereocenters. The number of ether oxygens (including phenoxy) is 1. The predicted octanol–water partition coefficient (Wildman–Crippen LogP) is 1.37. The van der Waals surface area contributed by atoms with E-state index in [9.17, 15) is 0 Å². The fourth-order valence-corrected chi connectivity index (χ4v) is 2.64. The molecular formula is C14H19N5O2. The number of nitrogens with zero attached hydrogens (tertiary/aromatic N) is 4. The van der Waals surface area contributed by atoms with E-state index in [-0.39, 0.29) is 19.4 Å². The predicted molar refractivity (Wildman–Crippen MR) is 77.5 cm³/mol. The van der Waals surface area contributed by atoms with E-state index in [4.69, 9.17) is 15.6 Å². The van der Waals surface area contributed by atoms with Crippen LogP contribution in [-0.2, 0) is 4.74 Å². The summed E-state index contributed by atoms with van der Waals surface area (Å²) in [5, 5.41) is 9.05. The number of hydrogen-bond acceptors (Lipinski definition) is 6. The van der Waals surface area contributed by atoms with Gasteiger partial charge in [-0.2, -0.15) is 0 Å². The van der Waals surface area contributed by atoms with Gasteiger partial charge < -0.3 is 15.6 Å². The van der Waals surface area contributed by atoms with Gasteiger partial charge in [0.15, 0.2) is 12.1 Å². The van der Waals surface area contributed by atoms with E-state index in [0.717, 1.165) is 19.3 Å². The van der Waals surface area contributed by atoms with Crippen molar-refractivity contribution in [3.05, 3.63) is 24.3 Å². The van der Waals surface area contributed by atoms with Gasteiger partial charge in [0, 0.05) is 0 Å². The summed E-state index contributed by atoms with van der Waals surface area (Å²) in [6.45, 7) is 0.218. The number of anilines is 1. The first-order valence-corrected chi connectivity index (χ1v) is 7.15. The number of nitrogens with two attached hydrogens (primary N) is 1. The normalized spacial score (nSPS) is 16.9. The van der Waals surface area contributed by atoms with Gasteiger partial charge in [0.25, 0.3) is 0 Å². The molecule has 0 aromatic carbocycles. The fraction of sp³-hybridized carbons (Fsp3) is 0.500. The van der Waals surface area contributed by atoms with E-state index < -0.39 is 0 Å². The molecule has 21 heavy (non-hydrogen) atoms. The molecule has 0 spiro atoms. The van der Waals surface area contributed by atoms with Gasteiger partial charge in [0.2, 0.25) is 0 Å². The van der Waals surface area contributed by atoms with Crippen molar-refractivity contribution in [1.82, 2.24) is 19.5 Å². The third-order valence-electron chi connectivity index (χ3n) is 3.67. The molecule has 0 radical (unpaired) electrons. The Labute approximate surface area is 122 Å². The van der Waals surface area contributed by atoms with Crippen molar-refractivity contribution in [3.63, 3.8) is 0 Å². The monoisotopic (exact) mass is 289 g/mol. The maximum atomic E-state index is 9.05. The van der Waals surface area contributed by atoms with Gasteiger partial charge in [-0.15, -0.1) is 0 Å². The molecular weight excluding hydrogens is 270 g/mol. The minimum atomic E-state index is -0.342. The van der Waals surface area contributed by atoms with Crippen LogP contribution in [-0.4, -0.2) is 37.8 Å². The molecule has 7 heteroatoms. The van der Waals surface area contributed by atoms with Crippen LogP contribution >= 0.6 is 0 Å². The van der Waals surface area contributed by atoms with Crippen LogP contribution in [0.3, 0.4) is 0 Å². The van der Waals surface area contributed by atoms with Crippen molar-refractivity contribution < 1.29 is 9.84 Å². The molecule has 0 aromatic rings. The summed E-state index contributed by atoms with van der Waals surface area (Å²) < 4.78 is 7.57. The molecule has 0 aromatic heterocycles. The number of fused-ring (bicyclic) bond motifs is 1. The number of imidazole rings is 1. The topological polar surface area (TPSA) is 99.1 Å². The highest BCUT2D eigenvalue weighted by atomic mass is 16.5. The third-order valence-corrected chi connectivity index (χ3v) is 3.67. The average Bonchev–Trinajstić information content (AvgIpc) is 3.00. The summed E-state index contributed by atoms with van der Waals surface area (Å²) in [4.78, 5) is 12.5. The Bertz CT molecular complexity index is 610. The van der Waals surface area contributed by atoms with E-state index in [1.807, 2.05) is 0 Å². The van der Waals surface area contributed by atoms with Crippen molar-refractivity contribution in [2.24, 2.45) is 0 Å². The van der Waals surface area contributed by atoms with Crippen LogP contribution in [0.4, 0.5) is 5.82 Å². The molecule has 7 nitrogen and oxygen atoms in total. The summed E-state index contributed by atoms with van der Waals surface area (Å²) in [6.07, 6.45) is 9.27. The van der Waals surface area contributed by atoms with Gasteiger partial charge in [-0.25, -0.2) is 15.0 Å². The second-order valence-corrected chi connectivity index (χ2v) is 5.05. The molecule has 0 saturated carbocycles. The lowest BCUT2D eigenvalue weighted by Gasteiger charge is -2.27. The Morgan fingerprint density at radius 1 is 1.33 bits per heavy atom. The molecule has 3 aliphatic rings. The van der Waals surface area contributed by atoms with Gasteiger partial charge in [0.1, 0.15) is 24.2 Å². The second kappa shape index (κ2) is 6.19. The number of aromatic nitrogens is 4. The molecule has 1 aliphatic carbocycles. The number of hydrogen-bond donors (Lipinski definition) is 2. The number of aliphatic hydroxyl groups is 1. The summed E-state index contributed by atoms with van der Waals surface area (Å²) in [7, 11) is 0. The fourth-order valence-electron chi connectivity index (χ4n) is 2.64. The third kappa shape index (κ3) is 2.74.